The zero-order valence-corrected chi connectivity index (χ0v) is 7.18. The number of rotatable bonds is 1. The molecule has 0 saturated carbocycles. The second kappa shape index (κ2) is 3.68. The van der Waals surface area contributed by atoms with Crippen LogP contribution in [-0.2, 0) is 9.47 Å². The molecule has 0 aromatic heterocycles. The van der Waals surface area contributed by atoms with Gasteiger partial charge in [-0.2, -0.15) is 0 Å². The molecule has 1 saturated heterocycles. The molecule has 5 atom stereocenters. The third-order valence-corrected chi connectivity index (χ3v) is 2.15. The predicted molar refractivity (Wildman–Crippen MR) is 41.3 cm³/mol. The Bertz CT molecular complexity index is 150. The van der Waals surface area contributed by atoms with E-state index in [1.54, 1.807) is 6.92 Å². The summed E-state index contributed by atoms with van der Waals surface area (Å²) in [5, 5.41) is 18.7. The molecule has 1 fully saturated rings. The van der Waals surface area contributed by atoms with Crippen LogP contribution in [0.4, 0.5) is 0 Å². The zero-order valence-electron chi connectivity index (χ0n) is 7.18. The Morgan fingerprint density at radius 1 is 1.33 bits per heavy atom. The van der Waals surface area contributed by atoms with Gasteiger partial charge < -0.3 is 25.4 Å². The lowest BCUT2D eigenvalue weighted by molar-refractivity contribution is -0.260. The van der Waals surface area contributed by atoms with Gasteiger partial charge in [0.25, 0.3) is 0 Å². The lowest BCUT2D eigenvalue weighted by atomic mass is 9.98. The number of hydrogen-bond acceptors (Lipinski definition) is 5. The number of aliphatic hydroxyl groups excluding tert-OH is 2. The second-order valence-electron chi connectivity index (χ2n) is 3.00. The summed E-state index contributed by atoms with van der Waals surface area (Å²) in [7, 11) is 1.41. The van der Waals surface area contributed by atoms with Crippen LogP contribution in [0.2, 0.25) is 0 Å². The maximum absolute atomic E-state index is 9.38. The van der Waals surface area contributed by atoms with E-state index >= 15 is 0 Å². The number of nitrogens with two attached hydrogens (primary N) is 1. The van der Waals surface area contributed by atoms with Crippen molar-refractivity contribution in [2.75, 3.05) is 7.11 Å². The maximum atomic E-state index is 9.38. The highest BCUT2D eigenvalue weighted by Gasteiger charge is 2.40. The maximum Gasteiger partial charge on any atom is 0.186 e. The molecule has 1 heterocycles. The molecule has 0 aliphatic carbocycles. The van der Waals surface area contributed by atoms with E-state index in [1.165, 1.54) is 7.11 Å². The van der Waals surface area contributed by atoms with Crippen molar-refractivity contribution in [3.05, 3.63) is 0 Å². The molecular weight excluding hydrogens is 162 g/mol. The summed E-state index contributed by atoms with van der Waals surface area (Å²) in [5.74, 6) is 0. The Morgan fingerprint density at radius 3 is 2.42 bits per heavy atom. The fourth-order valence-electron chi connectivity index (χ4n) is 1.24. The monoisotopic (exact) mass is 177 g/mol. The van der Waals surface area contributed by atoms with Gasteiger partial charge in [-0.1, -0.05) is 0 Å². The van der Waals surface area contributed by atoms with E-state index in [2.05, 4.69) is 0 Å². The largest absolute Gasteiger partial charge is 0.388 e. The van der Waals surface area contributed by atoms with Gasteiger partial charge in [0.1, 0.15) is 12.2 Å². The van der Waals surface area contributed by atoms with Gasteiger partial charge in [0.05, 0.1) is 12.1 Å². The van der Waals surface area contributed by atoms with Crippen LogP contribution in [0.1, 0.15) is 6.92 Å². The van der Waals surface area contributed by atoms with E-state index in [4.69, 9.17) is 15.2 Å². The van der Waals surface area contributed by atoms with E-state index in [0.29, 0.717) is 0 Å². The van der Waals surface area contributed by atoms with E-state index in [-0.39, 0.29) is 6.10 Å². The van der Waals surface area contributed by atoms with Crippen molar-refractivity contribution in [1.82, 2.24) is 0 Å². The minimum atomic E-state index is -1.07. The van der Waals surface area contributed by atoms with Crippen LogP contribution in [0, 0.1) is 0 Å². The summed E-state index contributed by atoms with van der Waals surface area (Å²) in [6.45, 7) is 1.73. The lowest BCUT2D eigenvalue weighted by Crippen LogP contribution is -2.60. The summed E-state index contributed by atoms with van der Waals surface area (Å²) in [5.41, 5.74) is 5.54. The van der Waals surface area contributed by atoms with Gasteiger partial charge in [-0.15, -0.1) is 0 Å². The number of methoxy groups -OCH3 is 1. The topological polar surface area (TPSA) is 84.9 Å². The molecule has 0 bridgehead atoms. The Morgan fingerprint density at radius 2 is 1.92 bits per heavy atom. The summed E-state index contributed by atoms with van der Waals surface area (Å²) in [6, 6.07) is -0.564. The molecule has 0 aromatic carbocycles. The highest BCUT2D eigenvalue weighted by Crippen LogP contribution is 2.19. The summed E-state index contributed by atoms with van der Waals surface area (Å²) < 4.78 is 9.98. The first kappa shape index (κ1) is 9.88. The smallest absolute Gasteiger partial charge is 0.186 e. The Labute approximate surface area is 71.1 Å². The van der Waals surface area contributed by atoms with Crippen molar-refractivity contribution in [1.29, 1.82) is 0 Å². The van der Waals surface area contributed by atoms with E-state index in [1.807, 2.05) is 0 Å². The molecule has 0 aromatic rings. The van der Waals surface area contributed by atoms with Gasteiger partial charge >= 0.3 is 0 Å². The summed E-state index contributed by atoms with van der Waals surface area (Å²) in [6.07, 6.45) is -3.15. The molecule has 0 spiro atoms. The molecular formula is C7H15NO4. The third-order valence-electron chi connectivity index (χ3n) is 2.15. The van der Waals surface area contributed by atoms with E-state index < -0.39 is 24.5 Å². The Balaban J connectivity index is 2.63. The molecule has 12 heavy (non-hydrogen) atoms. The summed E-state index contributed by atoms with van der Waals surface area (Å²) >= 11 is 0. The van der Waals surface area contributed by atoms with Crippen molar-refractivity contribution in [3.63, 3.8) is 0 Å². The quantitative estimate of drug-likeness (QED) is 0.450. The lowest BCUT2D eigenvalue weighted by Gasteiger charge is -2.39. The molecule has 5 heteroatoms. The van der Waals surface area contributed by atoms with Crippen LogP contribution < -0.4 is 5.73 Å². The molecule has 0 radical (unpaired) electrons. The van der Waals surface area contributed by atoms with Gasteiger partial charge in [-0.25, -0.2) is 0 Å². The number of aliphatic hydroxyl groups is 2. The fourth-order valence-corrected chi connectivity index (χ4v) is 1.24. The molecule has 1 aliphatic heterocycles. The van der Waals surface area contributed by atoms with Crippen LogP contribution in [0.15, 0.2) is 0 Å². The van der Waals surface area contributed by atoms with Crippen LogP contribution >= 0.6 is 0 Å². The van der Waals surface area contributed by atoms with Crippen molar-refractivity contribution >= 4 is 0 Å². The molecule has 0 amide bonds. The van der Waals surface area contributed by atoms with Gasteiger partial charge in [-0.3, -0.25) is 0 Å². The van der Waals surface area contributed by atoms with Gasteiger partial charge in [0, 0.05) is 7.11 Å². The third kappa shape index (κ3) is 1.60. The molecule has 0 unspecified atom stereocenters. The van der Waals surface area contributed by atoms with Crippen molar-refractivity contribution in [2.24, 2.45) is 5.73 Å². The SMILES string of the molecule is CO[C@H]1O[C@H](C)[C@@H](N)[C@H](O)[C@H]1O. The Hall–Kier alpha value is -0.200. The van der Waals surface area contributed by atoms with Crippen LogP contribution in [-0.4, -0.2) is 48.0 Å². The normalized spacial score (nSPS) is 49.2. The zero-order chi connectivity index (χ0) is 9.30. The minimum absolute atomic E-state index is 0.312. The first-order valence-electron chi connectivity index (χ1n) is 3.88. The first-order chi connectivity index (χ1) is 5.57. The molecule has 1 aliphatic rings. The standard InChI is InChI=1S/C7H15NO4/c1-3-4(8)5(9)6(10)7(11-2)12-3/h3-7,9-10H,8H2,1-2H3/t3-,4-,5+,6-,7+/m1/s1. The predicted octanol–water partition coefficient (Wildman–Crippen LogP) is -1.57. The molecule has 5 nitrogen and oxygen atoms in total. The van der Waals surface area contributed by atoms with Crippen molar-refractivity contribution < 1.29 is 19.7 Å². The fraction of sp³-hybridized carbons (Fsp3) is 1.00. The number of ether oxygens (including phenoxy) is 2. The van der Waals surface area contributed by atoms with Crippen molar-refractivity contribution in [2.45, 2.75) is 37.6 Å². The first-order valence-corrected chi connectivity index (χ1v) is 3.88. The minimum Gasteiger partial charge on any atom is -0.388 e. The van der Waals surface area contributed by atoms with E-state index in [9.17, 15) is 10.2 Å². The summed E-state index contributed by atoms with van der Waals surface area (Å²) in [4.78, 5) is 0. The average Bonchev–Trinajstić information content (AvgIpc) is 2.08. The van der Waals surface area contributed by atoms with Gasteiger partial charge in [0.15, 0.2) is 6.29 Å². The van der Waals surface area contributed by atoms with E-state index in [0.717, 1.165) is 0 Å². The van der Waals surface area contributed by atoms with Gasteiger partial charge in [-0.05, 0) is 6.92 Å². The van der Waals surface area contributed by atoms with Crippen LogP contribution in [0.25, 0.3) is 0 Å². The second-order valence-corrected chi connectivity index (χ2v) is 3.00. The molecule has 4 N–H and O–H groups in total. The molecule has 72 valence electrons. The van der Waals surface area contributed by atoms with Gasteiger partial charge in [0.2, 0.25) is 0 Å². The highest BCUT2D eigenvalue weighted by atomic mass is 16.7. The molecule has 1 rings (SSSR count). The van der Waals surface area contributed by atoms with Crippen LogP contribution in [0.5, 0.6) is 0 Å². The van der Waals surface area contributed by atoms with Crippen LogP contribution in [0.3, 0.4) is 0 Å². The van der Waals surface area contributed by atoms with Crippen molar-refractivity contribution in [3.8, 4) is 0 Å². The Kier molecular flexibility index (Phi) is 3.03. The average molecular weight is 177 g/mol. The highest BCUT2D eigenvalue weighted by molar-refractivity contribution is 4.89. The number of hydrogen-bond donors (Lipinski definition) is 3.